The Morgan fingerprint density at radius 2 is 1.83 bits per heavy atom. The number of carbonyl (C=O) groups excluding carboxylic acids is 1. The van der Waals surface area contributed by atoms with Crippen molar-refractivity contribution in [2.24, 2.45) is 0 Å². The number of amides is 2. The summed E-state index contributed by atoms with van der Waals surface area (Å²) in [5, 5.41) is 12.5. The molecule has 2 heterocycles. The van der Waals surface area contributed by atoms with Crippen LogP contribution in [0.25, 0.3) is 10.9 Å². The average Bonchev–Trinajstić information content (AvgIpc) is 3.22. The smallest absolute Gasteiger partial charge is 0.321 e. The Hall–Kier alpha value is -3.57. The van der Waals surface area contributed by atoms with Crippen LogP contribution in [0.2, 0.25) is 0 Å². The number of hydrogen-bond acceptors (Lipinski definition) is 6. The van der Waals surface area contributed by atoms with Gasteiger partial charge in [0.1, 0.15) is 5.75 Å². The van der Waals surface area contributed by atoms with Gasteiger partial charge in [0, 0.05) is 36.8 Å². The number of aromatic nitrogens is 1. The monoisotopic (exact) mass is 501 g/mol. The van der Waals surface area contributed by atoms with Crippen LogP contribution in [-0.2, 0) is 26.0 Å². The van der Waals surface area contributed by atoms with Gasteiger partial charge in [0.05, 0.1) is 30.2 Å². The van der Waals surface area contributed by atoms with Crippen molar-refractivity contribution in [3.05, 3.63) is 54.2 Å². The number of aryl methyl sites for hydroxylation is 1. The first-order valence-corrected chi connectivity index (χ1v) is 12.7. The van der Waals surface area contributed by atoms with Crippen LogP contribution in [0.4, 0.5) is 10.5 Å². The van der Waals surface area contributed by atoms with Crippen LogP contribution in [0.5, 0.6) is 5.75 Å². The molecular formula is C24H27N3O7S. The van der Waals surface area contributed by atoms with Crippen molar-refractivity contribution in [3.63, 3.8) is 0 Å². The molecule has 11 heteroatoms. The Kier molecular flexibility index (Phi) is 7.27. The predicted molar refractivity (Wildman–Crippen MR) is 130 cm³/mol. The van der Waals surface area contributed by atoms with Crippen LogP contribution in [-0.4, -0.2) is 67.3 Å². The summed E-state index contributed by atoms with van der Waals surface area (Å²) in [7, 11) is -3.99. The van der Waals surface area contributed by atoms with Gasteiger partial charge in [-0.05, 0) is 61.4 Å². The fourth-order valence-corrected chi connectivity index (χ4v) is 5.33. The van der Waals surface area contributed by atoms with Gasteiger partial charge < -0.3 is 24.8 Å². The van der Waals surface area contributed by atoms with Gasteiger partial charge in [0.25, 0.3) is 10.0 Å². The van der Waals surface area contributed by atoms with E-state index >= 15 is 0 Å². The maximum atomic E-state index is 13.5. The number of morpholine rings is 1. The zero-order chi connectivity index (χ0) is 25.0. The number of benzene rings is 2. The molecule has 1 saturated heterocycles. The zero-order valence-electron chi connectivity index (χ0n) is 19.3. The summed E-state index contributed by atoms with van der Waals surface area (Å²) in [4.78, 5) is 25.2. The van der Waals surface area contributed by atoms with Gasteiger partial charge in [0.15, 0.2) is 0 Å². The molecule has 0 atom stereocenters. The zero-order valence-corrected chi connectivity index (χ0v) is 20.1. The van der Waals surface area contributed by atoms with Gasteiger partial charge >= 0.3 is 12.0 Å². The summed E-state index contributed by atoms with van der Waals surface area (Å²) >= 11 is 0. The molecule has 2 amide bonds. The van der Waals surface area contributed by atoms with Crippen LogP contribution < -0.4 is 10.1 Å². The third-order valence-electron chi connectivity index (χ3n) is 5.70. The number of nitrogens with zero attached hydrogens (tertiary/aromatic N) is 2. The van der Waals surface area contributed by atoms with Gasteiger partial charge in [0.2, 0.25) is 0 Å². The summed E-state index contributed by atoms with van der Waals surface area (Å²) < 4.78 is 38.9. The highest BCUT2D eigenvalue weighted by molar-refractivity contribution is 7.90. The van der Waals surface area contributed by atoms with Gasteiger partial charge in [-0.1, -0.05) is 0 Å². The summed E-state index contributed by atoms with van der Waals surface area (Å²) in [5.41, 5.74) is 1.50. The normalized spacial score (nSPS) is 14.1. The molecule has 0 bridgehead atoms. The molecule has 0 aliphatic carbocycles. The van der Waals surface area contributed by atoms with Crippen LogP contribution in [0.1, 0.15) is 18.9 Å². The van der Waals surface area contributed by atoms with Crippen LogP contribution in [0.3, 0.4) is 0 Å². The highest BCUT2D eigenvalue weighted by Gasteiger charge is 2.23. The SMILES string of the molecule is CCOc1ccc2c(c1)c(CCC(=O)O)cn2S(=O)(=O)c1ccc(NC(=O)N2CCOCC2)cc1. The third kappa shape index (κ3) is 5.41. The lowest BCUT2D eigenvalue weighted by molar-refractivity contribution is -0.136. The molecule has 3 aromatic rings. The van der Waals surface area contributed by atoms with E-state index in [1.54, 1.807) is 23.1 Å². The number of fused-ring (bicyclic) bond motifs is 1. The Morgan fingerprint density at radius 3 is 2.49 bits per heavy atom. The van der Waals surface area contributed by atoms with Crippen molar-refractivity contribution >= 4 is 38.6 Å². The van der Waals surface area contributed by atoms with Crippen molar-refractivity contribution in [3.8, 4) is 5.75 Å². The maximum Gasteiger partial charge on any atom is 0.321 e. The Morgan fingerprint density at radius 1 is 1.11 bits per heavy atom. The number of carboxylic acid groups (broad SMARTS) is 1. The highest BCUT2D eigenvalue weighted by Crippen LogP contribution is 2.30. The third-order valence-corrected chi connectivity index (χ3v) is 7.39. The lowest BCUT2D eigenvalue weighted by Crippen LogP contribution is -2.43. The lowest BCUT2D eigenvalue weighted by Gasteiger charge is -2.26. The molecular weight excluding hydrogens is 474 g/mol. The van der Waals surface area contributed by atoms with Gasteiger partial charge in [-0.15, -0.1) is 0 Å². The number of nitrogens with one attached hydrogen (secondary N) is 1. The van der Waals surface area contributed by atoms with E-state index in [4.69, 9.17) is 14.6 Å². The molecule has 0 radical (unpaired) electrons. The summed E-state index contributed by atoms with van der Waals surface area (Å²) in [6.07, 6.45) is 1.51. The van der Waals surface area contributed by atoms with E-state index in [1.165, 1.54) is 30.5 Å². The van der Waals surface area contributed by atoms with Gasteiger partial charge in [-0.3, -0.25) is 4.79 Å². The molecule has 2 N–H and O–H groups in total. The molecule has 0 saturated carbocycles. The number of carboxylic acids is 1. The molecule has 35 heavy (non-hydrogen) atoms. The number of aliphatic carboxylic acids is 1. The minimum atomic E-state index is -3.99. The molecule has 1 fully saturated rings. The van der Waals surface area contributed by atoms with Crippen molar-refractivity contribution in [1.29, 1.82) is 0 Å². The Labute approximate surface area is 203 Å². The second kappa shape index (κ2) is 10.4. The molecule has 1 aliphatic rings. The molecule has 2 aromatic carbocycles. The lowest BCUT2D eigenvalue weighted by atomic mass is 10.1. The number of ether oxygens (including phenoxy) is 2. The van der Waals surface area contributed by atoms with Crippen LogP contribution in [0.15, 0.2) is 53.6 Å². The first-order chi connectivity index (χ1) is 16.8. The number of carbonyl (C=O) groups is 2. The quantitative estimate of drug-likeness (QED) is 0.485. The van der Waals surface area contributed by atoms with Gasteiger partial charge in [-0.2, -0.15) is 0 Å². The first kappa shape index (κ1) is 24.6. The largest absolute Gasteiger partial charge is 0.494 e. The van der Waals surface area contributed by atoms with E-state index in [1.807, 2.05) is 6.92 Å². The van der Waals surface area contributed by atoms with E-state index < -0.39 is 16.0 Å². The summed E-state index contributed by atoms with van der Waals surface area (Å²) in [6, 6.07) is 10.7. The molecule has 1 aliphatic heterocycles. The number of hydrogen-bond donors (Lipinski definition) is 2. The second-order valence-corrected chi connectivity index (χ2v) is 9.83. The minimum absolute atomic E-state index is 0.0393. The molecule has 10 nitrogen and oxygen atoms in total. The number of urea groups is 1. The molecule has 186 valence electrons. The summed E-state index contributed by atoms with van der Waals surface area (Å²) in [5.74, 6) is -0.392. The van der Waals surface area contributed by atoms with E-state index in [9.17, 15) is 18.0 Å². The van der Waals surface area contributed by atoms with E-state index in [0.29, 0.717) is 60.8 Å². The van der Waals surface area contributed by atoms with Crippen LogP contribution in [0, 0.1) is 0 Å². The standard InChI is InChI=1S/C24H27N3O7S/c1-2-34-19-6-9-22-21(15-19)17(3-10-23(28)29)16-27(22)35(31,32)20-7-4-18(5-8-20)25-24(30)26-11-13-33-14-12-26/h4-9,15-16H,2-3,10-14H2,1H3,(H,25,30)(H,28,29). The topological polar surface area (TPSA) is 127 Å². The molecule has 0 unspecified atom stereocenters. The number of anilines is 1. The van der Waals surface area contributed by atoms with E-state index in [-0.39, 0.29) is 23.8 Å². The second-order valence-electron chi connectivity index (χ2n) is 8.01. The Balaban J connectivity index is 1.63. The molecule has 4 rings (SSSR count). The first-order valence-electron chi connectivity index (χ1n) is 11.3. The minimum Gasteiger partial charge on any atom is -0.494 e. The Bertz CT molecular complexity index is 1330. The van der Waals surface area contributed by atoms with E-state index in [2.05, 4.69) is 5.32 Å². The fraction of sp³-hybridized carbons (Fsp3) is 0.333. The number of rotatable bonds is 8. The predicted octanol–water partition coefficient (Wildman–Crippen LogP) is 3.16. The van der Waals surface area contributed by atoms with Crippen molar-refractivity contribution < 1.29 is 32.6 Å². The fourth-order valence-electron chi connectivity index (χ4n) is 3.93. The van der Waals surface area contributed by atoms with E-state index in [0.717, 1.165) is 3.97 Å². The van der Waals surface area contributed by atoms with Crippen molar-refractivity contribution in [1.82, 2.24) is 8.87 Å². The molecule has 1 aromatic heterocycles. The van der Waals surface area contributed by atoms with Crippen LogP contribution >= 0.6 is 0 Å². The average molecular weight is 502 g/mol. The maximum absolute atomic E-state index is 13.5. The van der Waals surface area contributed by atoms with Gasteiger partial charge in [-0.25, -0.2) is 17.2 Å². The van der Waals surface area contributed by atoms with Crippen molar-refractivity contribution in [2.75, 3.05) is 38.2 Å². The van der Waals surface area contributed by atoms with Crippen molar-refractivity contribution in [2.45, 2.75) is 24.7 Å². The summed E-state index contributed by atoms with van der Waals surface area (Å²) in [6.45, 7) is 4.25. The molecule has 0 spiro atoms. The highest BCUT2D eigenvalue weighted by atomic mass is 32.2.